The van der Waals surface area contributed by atoms with Gasteiger partial charge in [0.05, 0.1) is 17.3 Å². The number of halogens is 1. The normalized spacial score (nSPS) is 14.7. The number of rotatable bonds is 5. The fourth-order valence-electron chi connectivity index (χ4n) is 3.54. The van der Waals surface area contributed by atoms with Gasteiger partial charge >= 0.3 is 0 Å². The van der Waals surface area contributed by atoms with Gasteiger partial charge in [0.15, 0.2) is 0 Å². The molecular weight excluding hydrogens is 452 g/mol. The molecule has 31 heavy (non-hydrogen) atoms. The molecule has 0 spiro atoms. The minimum absolute atomic E-state index is 0.0524. The summed E-state index contributed by atoms with van der Waals surface area (Å²) in [6.07, 6.45) is 3.86. The van der Waals surface area contributed by atoms with E-state index in [1.807, 2.05) is 104 Å². The van der Waals surface area contributed by atoms with E-state index in [-0.39, 0.29) is 5.91 Å². The van der Waals surface area contributed by atoms with Gasteiger partial charge in [-0.15, -0.1) is 0 Å². The topological polar surface area (TPSA) is 32.8 Å². The second-order valence-corrected chi connectivity index (χ2v) is 8.29. The Morgan fingerprint density at radius 1 is 0.968 bits per heavy atom. The molecule has 1 heterocycles. The molecule has 0 unspecified atom stereocenters. The molecule has 1 aliphatic heterocycles. The number of nitrogens with zero attached hydrogens (tertiary/aromatic N) is 2. The van der Waals surface area contributed by atoms with Crippen LogP contribution < -0.4 is 14.5 Å². The molecule has 0 saturated carbocycles. The molecule has 0 fully saturated rings. The molecular formula is C26H23BrN2O2. The first-order valence-corrected chi connectivity index (χ1v) is 10.7. The first kappa shape index (κ1) is 20.9. The Hall–Kier alpha value is -3.31. The van der Waals surface area contributed by atoms with Gasteiger partial charge in [-0.1, -0.05) is 36.4 Å². The van der Waals surface area contributed by atoms with Crippen molar-refractivity contribution in [1.29, 1.82) is 0 Å². The molecule has 156 valence electrons. The van der Waals surface area contributed by atoms with Crippen LogP contribution in [0.3, 0.4) is 0 Å². The lowest BCUT2D eigenvalue weighted by Gasteiger charge is -2.22. The first-order valence-electron chi connectivity index (χ1n) is 9.92. The number of hydrogen-bond donors (Lipinski definition) is 0. The van der Waals surface area contributed by atoms with Crippen molar-refractivity contribution in [2.75, 3.05) is 31.0 Å². The van der Waals surface area contributed by atoms with Crippen LogP contribution in [0.15, 0.2) is 88.9 Å². The average Bonchev–Trinajstić information content (AvgIpc) is 3.10. The molecule has 0 atom stereocenters. The van der Waals surface area contributed by atoms with Crippen molar-refractivity contribution < 1.29 is 9.53 Å². The third-order valence-electron chi connectivity index (χ3n) is 5.18. The molecule has 5 heteroatoms. The molecule has 1 aliphatic rings. The zero-order chi connectivity index (χ0) is 22.0. The van der Waals surface area contributed by atoms with Gasteiger partial charge in [0, 0.05) is 31.0 Å². The van der Waals surface area contributed by atoms with Crippen LogP contribution in [-0.4, -0.2) is 27.1 Å². The number of methoxy groups -OCH3 is 1. The molecule has 0 radical (unpaired) electrons. The zero-order valence-electron chi connectivity index (χ0n) is 17.7. The SMILES string of the molecule is COc1ccc(C=C2C=C(c3ccccc3)N(c3ccc(N(C)C)cc3)C2=O)cc1Br. The molecule has 0 N–H and O–H groups in total. The fraction of sp³-hybridized carbons (Fsp3) is 0.115. The third kappa shape index (κ3) is 4.28. The molecule has 0 bridgehead atoms. The van der Waals surface area contributed by atoms with Crippen molar-refractivity contribution in [3.05, 3.63) is 100 Å². The summed E-state index contributed by atoms with van der Waals surface area (Å²) in [5, 5.41) is 0. The highest BCUT2D eigenvalue weighted by Gasteiger charge is 2.30. The van der Waals surface area contributed by atoms with Gasteiger partial charge in [0.2, 0.25) is 0 Å². The largest absolute Gasteiger partial charge is 0.496 e. The predicted molar refractivity (Wildman–Crippen MR) is 131 cm³/mol. The zero-order valence-corrected chi connectivity index (χ0v) is 19.3. The molecule has 4 nitrogen and oxygen atoms in total. The minimum Gasteiger partial charge on any atom is -0.496 e. The number of ether oxygens (including phenoxy) is 1. The summed E-state index contributed by atoms with van der Waals surface area (Å²) in [4.78, 5) is 17.3. The lowest BCUT2D eigenvalue weighted by molar-refractivity contribution is -0.113. The van der Waals surface area contributed by atoms with Crippen molar-refractivity contribution in [1.82, 2.24) is 0 Å². The summed E-state index contributed by atoms with van der Waals surface area (Å²) in [7, 11) is 5.63. The van der Waals surface area contributed by atoms with Crippen molar-refractivity contribution in [3.8, 4) is 5.75 Å². The number of amides is 1. The molecule has 0 aromatic heterocycles. The van der Waals surface area contributed by atoms with Crippen molar-refractivity contribution in [2.24, 2.45) is 0 Å². The van der Waals surface area contributed by atoms with E-state index in [9.17, 15) is 4.79 Å². The highest BCUT2D eigenvalue weighted by atomic mass is 79.9. The van der Waals surface area contributed by atoms with E-state index < -0.39 is 0 Å². The summed E-state index contributed by atoms with van der Waals surface area (Å²) < 4.78 is 6.15. The maximum Gasteiger partial charge on any atom is 0.262 e. The van der Waals surface area contributed by atoms with Gasteiger partial charge in [-0.3, -0.25) is 9.69 Å². The van der Waals surface area contributed by atoms with Crippen LogP contribution >= 0.6 is 15.9 Å². The number of hydrogen-bond acceptors (Lipinski definition) is 3. The second kappa shape index (κ2) is 8.82. The molecule has 3 aromatic rings. The Labute approximate surface area is 191 Å². The van der Waals surface area contributed by atoms with Crippen molar-refractivity contribution >= 4 is 45.0 Å². The van der Waals surface area contributed by atoms with Gasteiger partial charge in [0.1, 0.15) is 5.75 Å². The Bertz CT molecular complexity index is 1170. The maximum absolute atomic E-state index is 13.5. The molecule has 4 rings (SSSR count). The number of carbonyl (C=O) groups is 1. The van der Waals surface area contributed by atoms with Crippen LogP contribution in [0, 0.1) is 0 Å². The van der Waals surface area contributed by atoms with Crippen molar-refractivity contribution in [3.63, 3.8) is 0 Å². The summed E-state index contributed by atoms with van der Waals surface area (Å²) in [6, 6.07) is 23.8. The Kier molecular flexibility index (Phi) is 5.96. The van der Waals surface area contributed by atoms with Gasteiger partial charge in [0.25, 0.3) is 5.91 Å². The summed E-state index contributed by atoms with van der Waals surface area (Å²) >= 11 is 3.52. The number of carbonyl (C=O) groups excluding carboxylic acids is 1. The van der Waals surface area contributed by atoms with Crippen LogP contribution in [0.5, 0.6) is 5.75 Å². The van der Waals surface area contributed by atoms with E-state index in [1.165, 1.54) is 0 Å². The fourth-order valence-corrected chi connectivity index (χ4v) is 4.10. The van der Waals surface area contributed by atoms with Crippen LogP contribution in [0.4, 0.5) is 11.4 Å². The maximum atomic E-state index is 13.5. The van der Waals surface area contributed by atoms with Crippen LogP contribution in [0.2, 0.25) is 0 Å². The number of anilines is 2. The summed E-state index contributed by atoms with van der Waals surface area (Å²) in [6.45, 7) is 0. The standard InChI is InChI=1S/C26H23BrN2O2/c1-28(2)21-10-12-22(13-11-21)29-24(19-7-5-4-6-8-19)17-20(26(29)30)15-18-9-14-25(31-3)23(27)16-18/h4-17H,1-3H3. The second-order valence-electron chi connectivity index (χ2n) is 7.44. The lowest BCUT2D eigenvalue weighted by Crippen LogP contribution is -2.25. The predicted octanol–water partition coefficient (Wildman–Crippen LogP) is 6.00. The third-order valence-corrected chi connectivity index (χ3v) is 5.79. The molecule has 0 aliphatic carbocycles. The van der Waals surface area contributed by atoms with E-state index in [1.54, 1.807) is 12.0 Å². The van der Waals surface area contributed by atoms with E-state index >= 15 is 0 Å². The van der Waals surface area contributed by atoms with Crippen molar-refractivity contribution in [2.45, 2.75) is 0 Å². The van der Waals surface area contributed by atoms with Gasteiger partial charge in [-0.05, 0) is 75.6 Å². The smallest absolute Gasteiger partial charge is 0.262 e. The monoisotopic (exact) mass is 474 g/mol. The van der Waals surface area contributed by atoms with E-state index in [4.69, 9.17) is 4.74 Å². The highest BCUT2D eigenvalue weighted by molar-refractivity contribution is 9.10. The van der Waals surface area contributed by atoms with E-state index in [0.717, 1.165) is 38.4 Å². The first-order chi connectivity index (χ1) is 15.0. The van der Waals surface area contributed by atoms with Gasteiger partial charge < -0.3 is 9.64 Å². The van der Waals surface area contributed by atoms with Gasteiger partial charge in [-0.2, -0.15) is 0 Å². The summed E-state index contributed by atoms with van der Waals surface area (Å²) in [5.41, 5.74) is 5.33. The van der Waals surface area contributed by atoms with E-state index in [2.05, 4.69) is 15.9 Å². The highest BCUT2D eigenvalue weighted by Crippen LogP contribution is 2.36. The van der Waals surface area contributed by atoms with Crippen LogP contribution in [0.1, 0.15) is 11.1 Å². The van der Waals surface area contributed by atoms with Crippen LogP contribution in [-0.2, 0) is 4.79 Å². The minimum atomic E-state index is -0.0524. The van der Waals surface area contributed by atoms with Gasteiger partial charge in [-0.25, -0.2) is 0 Å². The Balaban J connectivity index is 1.77. The van der Waals surface area contributed by atoms with Crippen LogP contribution in [0.25, 0.3) is 11.8 Å². The lowest BCUT2D eigenvalue weighted by atomic mass is 10.1. The Morgan fingerprint density at radius 2 is 1.68 bits per heavy atom. The quantitative estimate of drug-likeness (QED) is 0.425. The Morgan fingerprint density at radius 3 is 2.29 bits per heavy atom. The average molecular weight is 475 g/mol. The van der Waals surface area contributed by atoms with E-state index in [0.29, 0.717) is 5.57 Å². The number of benzene rings is 3. The molecule has 1 amide bonds. The molecule has 0 saturated heterocycles. The molecule has 3 aromatic carbocycles. The summed E-state index contributed by atoms with van der Waals surface area (Å²) in [5.74, 6) is 0.700.